The topological polar surface area (TPSA) is 138 Å². The van der Waals surface area contributed by atoms with Crippen molar-refractivity contribution in [3.05, 3.63) is 89.7 Å². The molecule has 0 saturated carbocycles. The van der Waals surface area contributed by atoms with Crippen molar-refractivity contribution in [1.82, 2.24) is 29.9 Å². The Bertz CT molecular complexity index is 1330. The van der Waals surface area contributed by atoms with Crippen LogP contribution in [0, 0.1) is 6.92 Å². The smallest absolute Gasteiger partial charge is 0.239 e. The van der Waals surface area contributed by atoms with Crippen molar-refractivity contribution in [3.8, 4) is 11.5 Å². The highest BCUT2D eigenvalue weighted by Gasteiger charge is 2.10. The molecule has 156 valence electrons. The average molecular weight is 433 g/mol. The summed E-state index contributed by atoms with van der Waals surface area (Å²) in [4.78, 5) is 26.4. The van der Waals surface area contributed by atoms with Gasteiger partial charge in [-0.15, -0.1) is 0 Å². The number of sulfonamides is 1. The van der Waals surface area contributed by atoms with Gasteiger partial charge in [0.2, 0.25) is 10.0 Å². The molecule has 10 heteroatoms. The van der Waals surface area contributed by atoms with E-state index in [4.69, 9.17) is 5.14 Å². The summed E-state index contributed by atoms with van der Waals surface area (Å²) < 4.78 is 22.7. The molecule has 0 amide bonds. The van der Waals surface area contributed by atoms with Crippen LogP contribution in [0.25, 0.3) is 11.5 Å². The van der Waals surface area contributed by atoms with Gasteiger partial charge in [0.1, 0.15) is 16.4 Å². The van der Waals surface area contributed by atoms with Crippen molar-refractivity contribution in [2.75, 3.05) is 0 Å². The summed E-state index contributed by atoms with van der Waals surface area (Å²) in [6.45, 7) is 1.92. The maximum absolute atomic E-state index is 11.4. The van der Waals surface area contributed by atoms with E-state index >= 15 is 0 Å². The van der Waals surface area contributed by atoms with Gasteiger partial charge in [-0.25, -0.2) is 38.5 Å². The van der Waals surface area contributed by atoms with E-state index in [2.05, 4.69) is 29.9 Å². The number of hydrogen-bond acceptors (Lipinski definition) is 8. The largest absolute Gasteiger partial charge is 0.259 e. The normalized spacial score (nSPS) is 11.4. The fourth-order valence-electron chi connectivity index (χ4n) is 2.94. The molecule has 0 atom stereocenters. The zero-order chi connectivity index (χ0) is 21.8. The minimum absolute atomic E-state index is 0.0337. The summed E-state index contributed by atoms with van der Waals surface area (Å²) in [7, 11) is -3.77. The molecule has 9 nitrogen and oxygen atoms in total. The molecule has 0 spiro atoms. The van der Waals surface area contributed by atoms with E-state index in [0.29, 0.717) is 30.2 Å². The Hall–Kier alpha value is -3.63. The van der Waals surface area contributed by atoms with E-state index in [-0.39, 0.29) is 4.90 Å². The quantitative estimate of drug-likeness (QED) is 0.486. The molecule has 0 aliphatic rings. The van der Waals surface area contributed by atoms with Crippen molar-refractivity contribution < 1.29 is 8.42 Å². The van der Waals surface area contributed by atoms with Crippen molar-refractivity contribution in [1.29, 1.82) is 0 Å². The Morgan fingerprint density at radius 2 is 1.58 bits per heavy atom. The number of primary sulfonamides is 1. The zero-order valence-electron chi connectivity index (χ0n) is 16.7. The molecule has 0 bridgehead atoms. The second kappa shape index (κ2) is 8.62. The molecule has 0 saturated heterocycles. The van der Waals surface area contributed by atoms with Crippen LogP contribution in [0.3, 0.4) is 0 Å². The average Bonchev–Trinajstić information content (AvgIpc) is 2.74. The lowest BCUT2D eigenvalue weighted by molar-refractivity contribution is 0.597. The van der Waals surface area contributed by atoms with Crippen molar-refractivity contribution in [2.45, 2.75) is 24.7 Å². The van der Waals surface area contributed by atoms with Crippen LogP contribution in [-0.2, 0) is 22.9 Å². The predicted molar refractivity (Wildman–Crippen MR) is 113 cm³/mol. The fourth-order valence-corrected chi connectivity index (χ4v) is 3.40. The number of aromatic nitrogens is 6. The highest BCUT2D eigenvalue weighted by Crippen LogP contribution is 2.14. The van der Waals surface area contributed by atoms with Gasteiger partial charge in [0, 0.05) is 36.4 Å². The molecule has 4 rings (SSSR count). The Morgan fingerprint density at radius 3 is 2.29 bits per heavy atom. The molecule has 31 heavy (non-hydrogen) atoms. The number of nitrogens with zero attached hydrogens (tertiary/aromatic N) is 6. The molecular formula is C21H19N7O2S. The molecule has 0 aromatic carbocycles. The molecule has 0 aliphatic heterocycles. The standard InChI is InChI=1S/C21H19N7O2S/c1-14-3-2-4-19(26-14)21-24-10-8-17(28-21)11-16-7-9-23-20(27-16)12-15-5-6-18(13-25-15)31(22,29)30/h2-10,13H,11-12H2,1H3,(H2,22,29,30). The molecule has 0 unspecified atom stereocenters. The summed E-state index contributed by atoms with van der Waals surface area (Å²) in [5.74, 6) is 1.14. The Morgan fingerprint density at radius 1 is 0.806 bits per heavy atom. The van der Waals surface area contributed by atoms with Crippen LogP contribution in [0.1, 0.15) is 28.6 Å². The number of hydrogen-bond donors (Lipinski definition) is 1. The van der Waals surface area contributed by atoms with Gasteiger partial charge < -0.3 is 0 Å². The third-order valence-corrected chi connectivity index (χ3v) is 5.32. The van der Waals surface area contributed by atoms with Gasteiger partial charge in [0.25, 0.3) is 0 Å². The van der Waals surface area contributed by atoms with E-state index in [0.717, 1.165) is 22.8 Å². The zero-order valence-corrected chi connectivity index (χ0v) is 17.5. The maximum atomic E-state index is 11.4. The lowest BCUT2D eigenvalue weighted by Gasteiger charge is -2.06. The fraction of sp³-hybridized carbons (Fsp3) is 0.143. The van der Waals surface area contributed by atoms with Gasteiger partial charge in [-0.3, -0.25) is 4.98 Å². The van der Waals surface area contributed by atoms with Crippen LogP contribution in [0.2, 0.25) is 0 Å². The van der Waals surface area contributed by atoms with Gasteiger partial charge >= 0.3 is 0 Å². The van der Waals surface area contributed by atoms with Crippen LogP contribution in [0.15, 0.2) is 66.0 Å². The maximum Gasteiger partial charge on any atom is 0.239 e. The first kappa shape index (κ1) is 20.6. The Kier molecular flexibility index (Phi) is 5.74. The van der Waals surface area contributed by atoms with Crippen LogP contribution in [0.4, 0.5) is 0 Å². The van der Waals surface area contributed by atoms with Crippen molar-refractivity contribution >= 4 is 10.0 Å². The molecule has 0 fully saturated rings. The highest BCUT2D eigenvalue weighted by molar-refractivity contribution is 7.89. The van der Waals surface area contributed by atoms with Crippen LogP contribution >= 0.6 is 0 Å². The Labute approximate surface area is 179 Å². The van der Waals surface area contributed by atoms with Crippen LogP contribution < -0.4 is 5.14 Å². The lowest BCUT2D eigenvalue weighted by Crippen LogP contribution is -2.12. The van der Waals surface area contributed by atoms with Gasteiger partial charge in [-0.1, -0.05) is 6.07 Å². The summed E-state index contributed by atoms with van der Waals surface area (Å²) >= 11 is 0. The van der Waals surface area contributed by atoms with E-state index in [1.54, 1.807) is 18.5 Å². The second-order valence-corrected chi connectivity index (χ2v) is 8.45. The van der Waals surface area contributed by atoms with E-state index in [1.165, 1.54) is 12.3 Å². The third-order valence-electron chi connectivity index (χ3n) is 4.42. The molecule has 4 aromatic rings. The second-order valence-electron chi connectivity index (χ2n) is 6.88. The van der Waals surface area contributed by atoms with E-state index in [1.807, 2.05) is 37.3 Å². The minimum atomic E-state index is -3.77. The summed E-state index contributed by atoms with van der Waals surface area (Å²) in [6.07, 6.45) is 5.49. The van der Waals surface area contributed by atoms with Crippen molar-refractivity contribution in [3.63, 3.8) is 0 Å². The van der Waals surface area contributed by atoms with Gasteiger partial charge in [0.05, 0.1) is 17.8 Å². The monoisotopic (exact) mass is 433 g/mol. The first-order valence-electron chi connectivity index (χ1n) is 9.41. The molecule has 2 N–H and O–H groups in total. The molecule has 0 radical (unpaired) electrons. The van der Waals surface area contributed by atoms with E-state index in [9.17, 15) is 8.42 Å². The number of rotatable bonds is 6. The molecule has 4 heterocycles. The first-order valence-corrected chi connectivity index (χ1v) is 11.0. The number of nitrogens with two attached hydrogens (primary N) is 1. The summed E-state index contributed by atoms with van der Waals surface area (Å²) in [5.41, 5.74) is 3.87. The first-order chi connectivity index (χ1) is 14.9. The number of aryl methyl sites for hydroxylation is 1. The van der Waals surface area contributed by atoms with Crippen molar-refractivity contribution in [2.24, 2.45) is 5.14 Å². The number of pyridine rings is 2. The van der Waals surface area contributed by atoms with Gasteiger partial charge in [-0.05, 0) is 43.3 Å². The SMILES string of the molecule is Cc1cccc(-c2nccc(Cc3ccnc(Cc4ccc(S(N)(=O)=O)cn4)n3)n2)n1. The minimum Gasteiger partial charge on any atom is -0.259 e. The highest BCUT2D eigenvalue weighted by atomic mass is 32.2. The van der Waals surface area contributed by atoms with Crippen LogP contribution in [0.5, 0.6) is 0 Å². The molecule has 0 aliphatic carbocycles. The summed E-state index contributed by atoms with van der Waals surface area (Å²) in [6, 6.07) is 12.4. The third kappa shape index (κ3) is 5.30. The molecule has 4 aromatic heterocycles. The van der Waals surface area contributed by atoms with E-state index < -0.39 is 10.0 Å². The Balaban J connectivity index is 1.51. The van der Waals surface area contributed by atoms with Crippen LogP contribution in [-0.4, -0.2) is 38.3 Å². The predicted octanol–water partition coefficient (Wildman–Crippen LogP) is 1.86. The van der Waals surface area contributed by atoms with Gasteiger partial charge in [0.15, 0.2) is 5.82 Å². The molecular weight excluding hydrogens is 414 g/mol. The lowest BCUT2D eigenvalue weighted by atomic mass is 10.2. The summed E-state index contributed by atoms with van der Waals surface area (Å²) in [5, 5.41) is 5.10. The van der Waals surface area contributed by atoms with Gasteiger partial charge in [-0.2, -0.15) is 0 Å².